The third-order valence-electron chi connectivity index (χ3n) is 3.94. The molecular weight excluding hydrogens is 242 g/mol. The molecule has 0 radical (unpaired) electrons. The van der Waals surface area contributed by atoms with Crippen molar-refractivity contribution in [2.75, 3.05) is 38.7 Å². The van der Waals surface area contributed by atoms with Crippen molar-refractivity contribution in [2.24, 2.45) is 5.92 Å². The number of anilines is 1. The molecule has 1 aliphatic heterocycles. The standard InChI is InChI=1S/C13H25N5O/c1-13(2,19-4)11-15-12(17-16-11)18-7-5-10(6-8-18)9-14-3/h10,14H,5-9H2,1-4H3,(H,15,16,17). The first-order valence-electron chi connectivity index (χ1n) is 6.94. The van der Waals surface area contributed by atoms with Crippen LogP contribution in [0.1, 0.15) is 32.5 Å². The SMILES string of the molecule is CNCC1CCN(c2n[nH]c(C(C)(C)OC)n2)CC1. The molecule has 0 saturated carbocycles. The summed E-state index contributed by atoms with van der Waals surface area (Å²) >= 11 is 0. The number of H-pyrrole nitrogens is 1. The van der Waals surface area contributed by atoms with Gasteiger partial charge in [-0.3, -0.25) is 5.10 Å². The second-order valence-electron chi connectivity index (χ2n) is 5.69. The molecule has 1 saturated heterocycles. The smallest absolute Gasteiger partial charge is 0.244 e. The summed E-state index contributed by atoms with van der Waals surface area (Å²) in [5.41, 5.74) is -0.421. The van der Waals surface area contributed by atoms with Gasteiger partial charge in [0, 0.05) is 20.2 Å². The predicted octanol–water partition coefficient (Wildman–Crippen LogP) is 1.12. The largest absolute Gasteiger partial charge is 0.371 e. The van der Waals surface area contributed by atoms with Crippen LogP contribution in [-0.2, 0) is 10.3 Å². The number of hydrogen-bond acceptors (Lipinski definition) is 5. The highest BCUT2D eigenvalue weighted by Crippen LogP contribution is 2.24. The number of hydrogen-bond donors (Lipinski definition) is 2. The number of ether oxygens (including phenoxy) is 1. The molecule has 2 rings (SSSR count). The van der Waals surface area contributed by atoms with Gasteiger partial charge in [0.1, 0.15) is 5.60 Å². The molecule has 0 bridgehead atoms. The maximum absolute atomic E-state index is 5.41. The summed E-state index contributed by atoms with van der Waals surface area (Å²) < 4.78 is 5.41. The molecule has 6 nitrogen and oxygen atoms in total. The van der Waals surface area contributed by atoms with Crippen LogP contribution in [0.25, 0.3) is 0 Å². The Balaban J connectivity index is 1.97. The van der Waals surface area contributed by atoms with Crippen molar-refractivity contribution >= 4 is 5.95 Å². The van der Waals surface area contributed by atoms with E-state index in [2.05, 4.69) is 25.4 Å². The normalized spacial score (nSPS) is 18.0. The summed E-state index contributed by atoms with van der Waals surface area (Å²) in [6, 6.07) is 0. The van der Waals surface area contributed by atoms with E-state index in [1.807, 2.05) is 20.9 Å². The van der Waals surface area contributed by atoms with Crippen LogP contribution < -0.4 is 10.2 Å². The molecule has 0 amide bonds. The molecule has 1 aliphatic rings. The highest BCUT2D eigenvalue weighted by molar-refractivity contribution is 5.30. The number of aromatic nitrogens is 3. The lowest BCUT2D eigenvalue weighted by Gasteiger charge is -2.31. The van der Waals surface area contributed by atoms with Gasteiger partial charge in [-0.2, -0.15) is 4.98 Å². The van der Waals surface area contributed by atoms with E-state index in [-0.39, 0.29) is 0 Å². The molecule has 1 fully saturated rings. The molecule has 6 heteroatoms. The van der Waals surface area contributed by atoms with E-state index in [0.29, 0.717) is 0 Å². The zero-order chi connectivity index (χ0) is 13.9. The maximum atomic E-state index is 5.41. The van der Waals surface area contributed by atoms with Gasteiger partial charge >= 0.3 is 0 Å². The Labute approximate surface area is 114 Å². The van der Waals surface area contributed by atoms with E-state index in [4.69, 9.17) is 4.74 Å². The highest BCUT2D eigenvalue weighted by atomic mass is 16.5. The van der Waals surface area contributed by atoms with Gasteiger partial charge in [0.25, 0.3) is 0 Å². The molecule has 2 heterocycles. The number of nitrogens with zero attached hydrogens (tertiary/aromatic N) is 3. The van der Waals surface area contributed by atoms with E-state index in [1.165, 1.54) is 12.8 Å². The molecule has 2 N–H and O–H groups in total. The highest BCUT2D eigenvalue weighted by Gasteiger charge is 2.27. The molecule has 19 heavy (non-hydrogen) atoms. The van der Waals surface area contributed by atoms with Crippen LogP contribution in [0, 0.1) is 5.92 Å². The molecule has 1 aromatic heterocycles. The summed E-state index contributed by atoms with van der Waals surface area (Å²) in [7, 11) is 3.70. The molecule has 1 aromatic rings. The molecule has 0 aromatic carbocycles. The fourth-order valence-electron chi connectivity index (χ4n) is 2.39. The minimum Gasteiger partial charge on any atom is -0.371 e. The second kappa shape index (κ2) is 5.88. The van der Waals surface area contributed by atoms with Crippen LogP contribution in [0.2, 0.25) is 0 Å². The van der Waals surface area contributed by atoms with Gasteiger partial charge in [0.2, 0.25) is 5.95 Å². The molecular formula is C13H25N5O. The van der Waals surface area contributed by atoms with Crippen molar-refractivity contribution in [3.05, 3.63) is 5.82 Å². The van der Waals surface area contributed by atoms with E-state index < -0.39 is 5.60 Å². The maximum Gasteiger partial charge on any atom is 0.244 e. The van der Waals surface area contributed by atoms with Crippen molar-refractivity contribution in [1.29, 1.82) is 0 Å². The third kappa shape index (κ3) is 3.25. The number of piperidine rings is 1. The van der Waals surface area contributed by atoms with Gasteiger partial charge in [-0.25, -0.2) is 0 Å². The van der Waals surface area contributed by atoms with E-state index in [0.717, 1.165) is 37.3 Å². The molecule has 108 valence electrons. The quantitative estimate of drug-likeness (QED) is 0.837. The van der Waals surface area contributed by atoms with Crippen molar-refractivity contribution in [2.45, 2.75) is 32.3 Å². The lowest BCUT2D eigenvalue weighted by atomic mass is 9.97. The third-order valence-corrected chi connectivity index (χ3v) is 3.94. The molecule has 0 atom stereocenters. The summed E-state index contributed by atoms with van der Waals surface area (Å²) in [5, 5.41) is 10.6. The van der Waals surface area contributed by atoms with Crippen LogP contribution in [0.15, 0.2) is 0 Å². The Bertz CT molecular complexity index is 395. The lowest BCUT2D eigenvalue weighted by molar-refractivity contribution is 0.0118. The number of methoxy groups -OCH3 is 1. The topological polar surface area (TPSA) is 66.1 Å². The summed E-state index contributed by atoms with van der Waals surface area (Å²) in [6.45, 7) is 7.12. The van der Waals surface area contributed by atoms with Crippen LogP contribution in [0.3, 0.4) is 0 Å². The average Bonchev–Trinajstić information content (AvgIpc) is 2.90. The second-order valence-corrected chi connectivity index (χ2v) is 5.69. The molecule has 0 aliphatic carbocycles. The van der Waals surface area contributed by atoms with Crippen LogP contribution in [0.4, 0.5) is 5.95 Å². The van der Waals surface area contributed by atoms with Gasteiger partial charge in [-0.15, -0.1) is 5.10 Å². The first-order chi connectivity index (χ1) is 9.06. The lowest BCUT2D eigenvalue weighted by Crippen LogP contribution is -2.37. The Morgan fingerprint density at radius 3 is 2.68 bits per heavy atom. The Morgan fingerprint density at radius 2 is 2.11 bits per heavy atom. The van der Waals surface area contributed by atoms with Crippen molar-refractivity contribution in [3.8, 4) is 0 Å². The first kappa shape index (κ1) is 14.3. The van der Waals surface area contributed by atoms with Crippen molar-refractivity contribution in [3.63, 3.8) is 0 Å². The fraction of sp³-hybridized carbons (Fsp3) is 0.846. The minimum atomic E-state index is -0.421. The van der Waals surface area contributed by atoms with E-state index in [1.54, 1.807) is 7.11 Å². The van der Waals surface area contributed by atoms with Crippen LogP contribution >= 0.6 is 0 Å². The van der Waals surface area contributed by atoms with Crippen LogP contribution in [-0.4, -0.2) is 49.0 Å². The predicted molar refractivity (Wildman–Crippen MR) is 75.3 cm³/mol. The fourth-order valence-corrected chi connectivity index (χ4v) is 2.39. The van der Waals surface area contributed by atoms with Gasteiger partial charge in [-0.1, -0.05) is 0 Å². The van der Waals surface area contributed by atoms with Gasteiger partial charge in [0.05, 0.1) is 0 Å². The zero-order valence-corrected chi connectivity index (χ0v) is 12.4. The summed E-state index contributed by atoms with van der Waals surface area (Å²) in [5.74, 6) is 2.35. The van der Waals surface area contributed by atoms with Crippen molar-refractivity contribution in [1.82, 2.24) is 20.5 Å². The zero-order valence-electron chi connectivity index (χ0n) is 12.4. The first-order valence-corrected chi connectivity index (χ1v) is 6.94. The van der Waals surface area contributed by atoms with E-state index >= 15 is 0 Å². The molecule has 0 spiro atoms. The summed E-state index contributed by atoms with van der Waals surface area (Å²) in [6.07, 6.45) is 2.39. The van der Waals surface area contributed by atoms with Gasteiger partial charge < -0.3 is 15.0 Å². The Hall–Kier alpha value is -1.14. The monoisotopic (exact) mass is 267 g/mol. The summed E-state index contributed by atoms with van der Waals surface area (Å²) in [4.78, 5) is 6.81. The van der Waals surface area contributed by atoms with Crippen LogP contribution in [0.5, 0.6) is 0 Å². The number of aromatic amines is 1. The Kier molecular flexibility index (Phi) is 4.42. The minimum absolute atomic E-state index is 0.421. The number of rotatable bonds is 5. The van der Waals surface area contributed by atoms with E-state index in [9.17, 15) is 0 Å². The Morgan fingerprint density at radius 1 is 1.42 bits per heavy atom. The average molecular weight is 267 g/mol. The molecule has 0 unspecified atom stereocenters. The van der Waals surface area contributed by atoms with Gasteiger partial charge in [-0.05, 0) is 46.2 Å². The van der Waals surface area contributed by atoms with Gasteiger partial charge in [0.15, 0.2) is 5.82 Å². The number of nitrogens with one attached hydrogen (secondary N) is 2. The van der Waals surface area contributed by atoms with Crippen molar-refractivity contribution < 1.29 is 4.74 Å².